The molecule has 0 saturated carbocycles. The number of benzene rings is 1. The van der Waals surface area contributed by atoms with Crippen molar-refractivity contribution in [2.45, 2.75) is 38.9 Å². The van der Waals surface area contributed by atoms with Crippen molar-refractivity contribution in [2.75, 3.05) is 0 Å². The van der Waals surface area contributed by atoms with E-state index in [2.05, 4.69) is 10.2 Å². The van der Waals surface area contributed by atoms with Gasteiger partial charge in [-0.3, -0.25) is 9.89 Å². The molecule has 0 bridgehead atoms. The van der Waals surface area contributed by atoms with Crippen molar-refractivity contribution in [3.8, 4) is 0 Å². The molecule has 2 aromatic rings. The highest BCUT2D eigenvalue weighted by Gasteiger charge is 2.51. The van der Waals surface area contributed by atoms with Crippen molar-refractivity contribution in [1.82, 2.24) is 10.2 Å². The zero-order chi connectivity index (χ0) is 14.5. The van der Waals surface area contributed by atoms with Crippen LogP contribution in [0, 0.1) is 0 Å². The van der Waals surface area contributed by atoms with Gasteiger partial charge in [-0.2, -0.15) is 5.10 Å². The van der Waals surface area contributed by atoms with Crippen LogP contribution in [0.3, 0.4) is 0 Å². The Hall–Kier alpha value is -1.66. The Kier molecular flexibility index (Phi) is 2.78. The van der Waals surface area contributed by atoms with Gasteiger partial charge in [0.1, 0.15) is 0 Å². The van der Waals surface area contributed by atoms with E-state index in [0.29, 0.717) is 10.9 Å². The molecule has 5 nitrogen and oxygen atoms in total. The number of nitrogens with zero attached hydrogens (tertiary/aromatic N) is 1. The van der Waals surface area contributed by atoms with Gasteiger partial charge in [-0.25, -0.2) is 0 Å². The molecule has 0 aliphatic carbocycles. The first-order chi connectivity index (χ1) is 9.30. The fourth-order valence-corrected chi connectivity index (χ4v) is 2.22. The van der Waals surface area contributed by atoms with Gasteiger partial charge in [0.25, 0.3) is 0 Å². The second-order valence-corrected chi connectivity index (χ2v) is 6.13. The molecule has 1 aliphatic heterocycles. The average molecular weight is 272 g/mol. The maximum atomic E-state index is 11.8. The molecule has 1 aromatic heterocycles. The number of aromatic amines is 1. The van der Waals surface area contributed by atoms with Crippen molar-refractivity contribution in [3.63, 3.8) is 0 Å². The third-order valence-electron chi connectivity index (χ3n) is 4.20. The molecule has 0 spiro atoms. The lowest BCUT2D eigenvalue weighted by Gasteiger charge is -2.32. The van der Waals surface area contributed by atoms with Crippen LogP contribution >= 0.6 is 0 Å². The van der Waals surface area contributed by atoms with E-state index >= 15 is 0 Å². The summed E-state index contributed by atoms with van der Waals surface area (Å²) >= 11 is 0. The zero-order valence-corrected chi connectivity index (χ0v) is 12.1. The monoisotopic (exact) mass is 272 g/mol. The number of H-pyrrole nitrogens is 1. The summed E-state index contributed by atoms with van der Waals surface area (Å²) in [6.45, 7) is 8.02. The largest absolute Gasteiger partial charge is 0.494 e. The lowest BCUT2D eigenvalue weighted by molar-refractivity contribution is 0.00578. The van der Waals surface area contributed by atoms with E-state index in [1.807, 2.05) is 39.8 Å². The van der Waals surface area contributed by atoms with Crippen LogP contribution in [-0.2, 0) is 9.31 Å². The maximum Gasteiger partial charge on any atom is 0.494 e. The van der Waals surface area contributed by atoms with Crippen LogP contribution in [0.4, 0.5) is 0 Å². The van der Waals surface area contributed by atoms with Gasteiger partial charge in [-0.15, -0.1) is 0 Å². The van der Waals surface area contributed by atoms with Gasteiger partial charge >= 0.3 is 7.12 Å². The van der Waals surface area contributed by atoms with Gasteiger partial charge < -0.3 is 9.31 Å². The van der Waals surface area contributed by atoms with E-state index < -0.39 is 18.3 Å². The highest BCUT2D eigenvalue weighted by atomic mass is 16.7. The van der Waals surface area contributed by atoms with Gasteiger partial charge in [0.15, 0.2) is 0 Å². The molecule has 6 heteroatoms. The number of fused-ring (bicyclic) bond motifs is 1. The van der Waals surface area contributed by atoms with Crippen molar-refractivity contribution in [1.29, 1.82) is 0 Å². The summed E-state index contributed by atoms with van der Waals surface area (Å²) in [6, 6.07) is 5.52. The van der Waals surface area contributed by atoms with E-state index in [0.717, 1.165) is 5.46 Å². The Bertz CT molecular complexity index is 708. The van der Waals surface area contributed by atoms with Crippen molar-refractivity contribution >= 4 is 23.5 Å². The Morgan fingerprint density at radius 3 is 2.45 bits per heavy atom. The molecule has 2 heterocycles. The Labute approximate surface area is 117 Å². The fraction of sp³-hybridized carbons (Fsp3) is 0.429. The molecule has 1 saturated heterocycles. The number of rotatable bonds is 1. The van der Waals surface area contributed by atoms with Gasteiger partial charge in [-0.1, -0.05) is 6.07 Å². The van der Waals surface area contributed by atoms with Crippen LogP contribution in [0.1, 0.15) is 27.7 Å². The average Bonchev–Trinajstić information content (AvgIpc) is 2.59. The third-order valence-corrected chi connectivity index (χ3v) is 4.20. The summed E-state index contributed by atoms with van der Waals surface area (Å²) in [5.41, 5.74) is 0.650. The van der Waals surface area contributed by atoms with E-state index in [-0.39, 0.29) is 5.43 Å². The molecule has 1 fully saturated rings. The standard InChI is InChI=1S/C14H17BN2O3/c1-13(2)14(3,4)20-15(19-13)9-5-6-11-10(7-9)12(18)8-16-17-11/h5-8H,1-4H3,(H,17,18). The van der Waals surface area contributed by atoms with E-state index in [1.165, 1.54) is 6.20 Å². The first-order valence-corrected chi connectivity index (χ1v) is 6.63. The smallest absolute Gasteiger partial charge is 0.399 e. The van der Waals surface area contributed by atoms with Crippen LogP contribution in [0.5, 0.6) is 0 Å². The summed E-state index contributed by atoms with van der Waals surface area (Å²) in [6.07, 6.45) is 1.27. The van der Waals surface area contributed by atoms with E-state index in [4.69, 9.17) is 9.31 Å². The van der Waals surface area contributed by atoms with Crippen molar-refractivity contribution < 1.29 is 9.31 Å². The summed E-state index contributed by atoms with van der Waals surface area (Å²) in [5, 5.41) is 7.19. The molecule has 3 rings (SSSR count). The molecule has 0 radical (unpaired) electrons. The first kappa shape index (κ1) is 13.3. The summed E-state index contributed by atoms with van der Waals surface area (Å²) in [4.78, 5) is 11.8. The van der Waals surface area contributed by atoms with Crippen LogP contribution < -0.4 is 10.9 Å². The van der Waals surface area contributed by atoms with Crippen LogP contribution in [0.2, 0.25) is 0 Å². The van der Waals surface area contributed by atoms with Gasteiger partial charge in [0, 0.05) is 5.39 Å². The topological polar surface area (TPSA) is 64.2 Å². The van der Waals surface area contributed by atoms with Crippen LogP contribution in [0.25, 0.3) is 10.9 Å². The molecule has 1 aliphatic rings. The van der Waals surface area contributed by atoms with E-state index in [1.54, 1.807) is 6.07 Å². The lowest BCUT2D eigenvalue weighted by atomic mass is 9.78. The van der Waals surface area contributed by atoms with Crippen molar-refractivity contribution in [2.24, 2.45) is 0 Å². The second kappa shape index (κ2) is 4.17. The SMILES string of the molecule is CC1(C)OB(c2ccc3[nH]ncc(=O)c3c2)OC1(C)C. The molecule has 0 atom stereocenters. The molecule has 104 valence electrons. The number of aromatic nitrogens is 2. The van der Waals surface area contributed by atoms with E-state index in [9.17, 15) is 4.79 Å². The maximum absolute atomic E-state index is 11.8. The number of hydrogen-bond acceptors (Lipinski definition) is 4. The van der Waals surface area contributed by atoms with Gasteiger partial charge in [0.05, 0.1) is 22.9 Å². The first-order valence-electron chi connectivity index (χ1n) is 6.63. The fourth-order valence-electron chi connectivity index (χ4n) is 2.22. The molecule has 0 amide bonds. The zero-order valence-electron chi connectivity index (χ0n) is 12.1. The van der Waals surface area contributed by atoms with Crippen molar-refractivity contribution in [3.05, 3.63) is 34.6 Å². The molecule has 1 N–H and O–H groups in total. The molecule has 20 heavy (non-hydrogen) atoms. The van der Waals surface area contributed by atoms with Gasteiger partial charge in [0.2, 0.25) is 5.43 Å². The predicted molar refractivity (Wildman–Crippen MR) is 78.1 cm³/mol. The Morgan fingerprint density at radius 1 is 1.15 bits per heavy atom. The molecule has 1 aromatic carbocycles. The summed E-state index contributed by atoms with van der Waals surface area (Å²) < 4.78 is 12.0. The summed E-state index contributed by atoms with van der Waals surface area (Å²) in [5.74, 6) is 0. The molecular formula is C14H17BN2O3. The lowest BCUT2D eigenvalue weighted by Crippen LogP contribution is -2.41. The number of hydrogen-bond donors (Lipinski definition) is 1. The second-order valence-electron chi connectivity index (χ2n) is 6.13. The highest BCUT2D eigenvalue weighted by Crippen LogP contribution is 2.36. The minimum Gasteiger partial charge on any atom is -0.399 e. The van der Waals surface area contributed by atoms with Gasteiger partial charge in [-0.05, 0) is 45.3 Å². The quantitative estimate of drug-likeness (QED) is 0.793. The Balaban J connectivity index is 2.04. The predicted octanol–water partition coefficient (Wildman–Crippen LogP) is 1.22. The van der Waals surface area contributed by atoms with Crippen LogP contribution in [0.15, 0.2) is 29.2 Å². The highest BCUT2D eigenvalue weighted by molar-refractivity contribution is 6.62. The third kappa shape index (κ3) is 1.96. The number of nitrogens with one attached hydrogen (secondary N) is 1. The van der Waals surface area contributed by atoms with Crippen LogP contribution in [-0.4, -0.2) is 28.5 Å². The molecule has 0 unspecified atom stereocenters. The minimum absolute atomic E-state index is 0.114. The molecular weight excluding hydrogens is 255 g/mol. The summed E-state index contributed by atoms with van der Waals surface area (Å²) in [7, 11) is -0.461. The Morgan fingerprint density at radius 2 is 1.80 bits per heavy atom. The minimum atomic E-state index is -0.461. The normalized spacial score (nSPS) is 20.5.